The fourth-order valence-electron chi connectivity index (χ4n) is 1.33. The number of carboxylic acid groups (broad SMARTS) is 1. The van der Waals surface area contributed by atoms with Crippen molar-refractivity contribution in [1.82, 2.24) is 5.32 Å². The molecule has 18 heavy (non-hydrogen) atoms. The predicted octanol–water partition coefficient (Wildman–Crippen LogP) is -0.279. The number of aliphatic carboxylic acids is 1. The highest BCUT2D eigenvalue weighted by Gasteiger charge is 2.31. The Bertz CT molecular complexity index is 292. The van der Waals surface area contributed by atoms with Crippen molar-refractivity contribution < 1.29 is 14.7 Å². The molecule has 0 bridgehead atoms. The number of carboxylic acids is 1. The number of carbonyl (C=O) groups excluding carboxylic acids is 1. The fourth-order valence-corrected chi connectivity index (χ4v) is 1.45. The van der Waals surface area contributed by atoms with Crippen LogP contribution in [-0.2, 0) is 9.59 Å². The van der Waals surface area contributed by atoms with Gasteiger partial charge in [0.05, 0.1) is 6.04 Å². The van der Waals surface area contributed by atoms with Gasteiger partial charge >= 0.3 is 5.97 Å². The second-order valence-electron chi connectivity index (χ2n) is 4.82. The van der Waals surface area contributed by atoms with E-state index in [2.05, 4.69) is 17.9 Å². The first kappa shape index (κ1) is 17.2. The topological polar surface area (TPSA) is 118 Å². The Balaban J connectivity index is 4.41. The van der Waals surface area contributed by atoms with Gasteiger partial charge in [-0.2, -0.15) is 12.6 Å². The highest BCUT2D eigenvalue weighted by atomic mass is 32.1. The Morgan fingerprint density at radius 2 is 1.94 bits per heavy atom. The summed E-state index contributed by atoms with van der Waals surface area (Å²) in [5, 5.41) is 11.4. The zero-order chi connectivity index (χ0) is 14.3. The van der Waals surface area contributed by atoms with Crippen molar-refractivity contribution >= 4 is 24.5 Å². The molecule has 2 atom stereocenters. The quantitative estimate of drug-likeness (QED) is 0.309. The van der Waals surface area contributed by atoms with Gasteiger partial charge in [-0.05, 0) is 39.7 Å². The van der Waals surface area contributed by atoms with Gasteiger partial charge in [0, 0.05) is 4.75 Å². The van der Waals surface area contributed by atoms with E-state index in [0.717, 1.165) is 6.42 Å². The fraction of sp³-hybridized carbons (Fsp3) is 0.818. The van der Waals surface area contributed by atoms with Gasteiger partial charge in [0.25, 0.3) is 0 Å². The van der Waals surface area contributed by atoms with E-state index in [0.29, 0.717) is 19.4 Å². The van der Waals surface area contributed by atoms with Gasteiger partial charge in [-0.1, -0.05) is 0 Å². The van der Waals surface area contributed by atoms with Crippen molar-refractivity contribution in [3.63, 3.8) is 0 Å². The molecular weight excluding hydrogens is 254 g/mol. The lowest BCUT2D eigenvalue weighted by Gasteiger charge is -2.26. The minimum atomic E-state index is -1.07. The molecule has 0 aromatic heterocycles. The maximum atomic E-state index is 11.8. The molecule has 0 fully saturated rings. The van der Waals surface area contributed by atoms with Gasteiger partial charge in [-0.25, -0.2) is 4.79 Å². The molecule has 0 saturated carbocycles. The van der Waals surface area contributed by atoms with Crippen LogP contribution in [0.4, 0.5) is 0 Å². The Kier molecular flexibility index (Phi) is 7.27. The second-order valence-corrected chi connectivity index (χ2v) is 5.97. The van der Waals surface area contributed by atoms with Crippen LogP contribution in [0.5, 0.6) is 0 Å². The van der Waals surface area contributed by atoms with Crippen LogP contribution in [0.1, 0.15) is 33.1 Å². The Hall–Kier alpha value is -0.790. The lowest BCUT2D eigenvalue weighted by molar-refractivity contribution is -0.142. The molecule has 0 heterocycles. The molecular formula is C11H23N3O3S. The van der Waals surface area contributed by atoms with Crippen LogP contribution < -0.4 is 16.8 Å². The second kappa shape index (κ2) is 7.60. The maximum Gasteiger partial charge on any atom is 0.326 e. The summed E-state index contributed by atoms with van der Waals surface area (Å²) in [4.78, 5) is 22.8. The van der Waals surface area contributed by atoms with E-state index in [1.807, 2.05) is 0 Å². The number of amides is 1. The molecule has 0 aliphatic rings. The van der Waals surface area contributed by atoms with Gasteiger partial charge in [0.15, 0.2) is 0 Å². The van der Waals surface area contributed by atoms with Crippen LogP contribution in [0.25, 0.3) is 0 Å². The monoisotopic (exact) mass is 277 g/mol. The minimum Gasteiger partial charge on any atom is -0.480 e. The van der Waals surface area contributed by atoms with Crippen molar-refractivity contribution in [3.05, 3.63) is 0 Å². The molecule has 6 N–H and O–H groups in total. The smallest absolute Gasteiger partial charge is 0.326 e. The number of carbonyl (C=O) groups is 2. The van der Waals surface area contributed by atoms with E-state index in [-0.39, 0.29) is 0 Å². The zero-order valence-electron chi connectivity index (χ0n) is 10.8. The number of rotatable bonds is 8. The van der Waals surface area contributed by atoms with Crippen LogP contribution in [0, 0.1) is 0 Å². The lowest BCUT2D eigenvalue weighted by atomic mass is 10.0. The number of hydrogen-bond donors (Lipinski definition) is 5. The van der Waals surface area contributed by atoms with Crippen molar-refractivity contribution in [3.8, 4) is 0 Å². The van der Waals surface area contributed by atoms with E-state index < -0.39 is 28.7 Å². The first-order valence-electron chi connectivity index (χ1n) is 5.91. The summed E-state index contributed by atoms with van der Waals surface area (Å²) in [7, 11) is 0. The molecule has 0 aliphatic heterocycles. The summed E-state index contributed by atoms with van der Waals surface area (Å²) in [5.74, 6) is -1.57. The molecule has 6 nitrogen and oxygen atoms in total. The number of nitrogens with one attached hydrogen (secondary N) is 1. The molecule has 0 aliphatic carbocycles. The Labute approximate surface area is 113 Å². The molecule has 0 aromatic rings. The van der Waals surface area contributed by atoms with Crippen LogP contribution in [0.3, 0.4) is 0 Å². The van der Waals surface area contributed by atoms with E-state index >= 15 is 0 Å². The first-order valence-corrected chi connectivity index (χ1v) is 6.36. The van der Waals surface area contributed by atoms with Crippen molar-refractivity contribution in [2.45, 2.75) is 49.9 Å². The molecule has 106 valence electrons. The first-order chi connectivity index (χ1) is 8.20. The highest BCUT2D eigenvalue weighted by molar-refractivity contribution is 7.81. The predicted molar refractivity (Wildman–Crippen MR) is 73.5 cm³/mol. The molecule has 1 amide bonds. The van der Waals surface area contributed by atoms with Crippen LogP contribution in [-0.4, -0.2) is 40.4 Å². The molecule has 0 saturated heterocycles. The van der Waals surface area contributed by atoms with Crippen LogP contribution >= 0.6 is 12.6 Å². The van der Waals surface area contributed by atoms with E-state index in [9.17, 15) is 9.59 Å². The summed E-state index contributed by atoms with van der Waals surface area (Å²) >= 11 is 4.20. The molecule has 7 heteroatoms. The van der Waals surface area contributed by atoms with E-state index in [1.54, 1.807) is 13.8 Å². The van der Waals surface area contributed by atoms with Gasteiger partial charge in [0.1, 0.15) is 6.04 Å². The Morgan fingerprint density at radius 3 is 2.33 bits per heavy atom. The maximum absolute atomic E-state index is 11.8. The van der Waals surface area contributed by atoms with Crippen LogP contribution in [0.2, 0.25) is 0 Å². The third kappa shape index (κ3) is 6.23. The standard InChI is InChI=1S/C11H23N3O3S/c1-11(2,18)8(13)9(15)14-7(10(16)17)5-3-4-6-12/h7-8,18H,3-6,12-13H2,1-2H3,(H,14,15)(H,16,17)/t7-,8+/m0/s1. The highest BCUT2D eigenvalue weighted by Crippen LogP contribution is 2.16. The SMILES string of the molecule is CC(C)(S)[C@H](N)C(=O)N[C@@H](CCCCN)C(=O)O. The summed E-state index contributed by atoms with van der Waals surface area (Å²) in [6, 6.07) is -1.79. The van der Waals surface area contributed by atoms with Crippen LogP contribution in [0.15, 0.2) is 0 Å². The summed E-state index contributed by atoms with van der Waals surface area (Å²) in [6.45, 7) is 3.90. The Morgan fingerprint density at radius 1 is 1.39 bits per heavy atom. The van der Waals surface area contributed by atoms with E-state index in [1.165, 1.54) is 0 Å². The third-order valence-corrected chi connectivity index (χ3v) is 2.88. The normalized spacial score (nSPS) is 14.9. The lowest BCUT2D eigenvalue weighted by Crippen LogP contribution is -2.54. The molecule has 0 unspecified atom stereocenters. The van der Waals surface area contributed by atoms with Crippen molar-refractivity contribution in [1.29, 1.82) is 0 Å². The molecule has 0 aromatic carbocycles. The summed E-state index contributed by atoms with van der Waals surface area (Å²) < 4.78 is -0.704. The summed E-state index contributed by atoms with van der Waals surface area (Å²) in [5.41, 5.74) is 11.0. The largest absolute Gasteiger partial charge is 0.480 e. The molecule has 0 spiro atoms. The summed E-state index contributed by atoms with van der Waals surface area (Å²) in [6.07, 6.45) is 1.72. The number of nitrogens with two attached hydrogens (primary N) is 2. The average Bonchev–Trinajstić information content (AvgIpc) is 2.25. The van der Waals surface area contributed by atoms with E-state index in [4.69, 9.17) is 16.6 Å². The number of unbranched alkanes of at least 4 members (excludes halogenated alkanes) is 1. The molecule has 0 radical (unpaired) electrons. The number of thiol groups is 1. The minimum absolute atomic E-state index is 0.345. The van der Waals surface area contributed by atoms with Crippen molar-refractivity contribution in [2.24, 2.45) is 11.5 Å². The third-order valence-electron chi connectivity index (χ3n) is 2.61. The van der Waals surface area contributed by atoms with Gasteiger partial charge < -0.3 is 21.9 Å². The zero-order valence-corrected chi connectivity index (χ0v) is 11.7. The average molecular weight is 277 g/mol. The van der Waals surface area contributed by atoms with Gasteiger partial charge in [-0.3, -0.25) is 4.79 Å². The molecule has 0 rings (SSSR count). The van der Waals surface area contributed by atoms with Gasteiger partial charge in [-0.15, -0.1) is 0 Å². The van der Waals surface area contributed by atoms with Gasteiger partial charge in [0.2, 0.25) is 5.91 Å². The number of hydrogen-bond acceptors (Lipinski definition) is 5. The van der Waals surface area contributed by atoms with Crippen molar-refractivity contribution in [2.75, 3.05) is 6.54 Å².